The van der Waals surface area contributed by atoms with Crippen LogP contribution in [0.25, 0.3) is 0 Å². The van der Waals surface area contributed by atoms with Crippen molar-refractivity contribution in [2.75, 3.05) is 19.0 Å². The van der Waals surface area contributed by atoms with Gasteiger partial charge in [0.05, 0.1) is 24.4 Å². The van der Waals surface area contributed by atoms with E-state index in [1.165, 1.54) is 43.8 Å². The average molecular weight is 434 g/mol. The number of esters is 2. The molecule has 158 valence electrons. The van der Waals surface area contributed by atoms with E-state index in [4.69, 9.17) is 21.1 Å². The maximum absolute atomic E-state index is 13.3. The van der Waals surface area contributed by atoms with Crippen molar-refractivity contribution in [1.82, 2.24) is 10.3 Å². The standard InChI is InChI=1S/C21H21ClFN3O4/c1-3-30-20(27)15(18-6-4-5-10-24-18)9-11-25-19(21(28)29-2)13-26-14-7-8-17(23)16(22)12-14/h4-13,15,25-26H,3H2,1-2H3/b11-9-,19-13-. The third kappa shape index (κ3) is 6.59. The van der Waals surface area contributed by atoms with Gasteiger partial charge in [0.2, 0.25) is 0 Å². The van der Waals surface area contributed by atoms with Gasteiger partial charge in [-0.25, -0.2) is 9.18 Å². The molecule has 0 spiro atoms. The summed E-state index contributed by atoms with van der Waals surface area (Å²) in [4.78, 5) is 28.5. The highest BCUT2D eigenvalue weighted by atomic mass is 35.5. The molecule has 0 fully saturated rings. The van der Waals surface area contributed by atoms with Crippen LogP contribution in [0.4, 0.5) is 10.1 Å². The predicted molar refractivity (Wildman–Crippen MR) is 111 cm³/mol. The van der Waals surface area contributed by atoms with E-state index in [9.17, 15) is 14.0 Å². The van der Waals surface area contributed by atoms with Gasteiger partial charge in [-0.2, -0.15) is 0 Å². The van der Waals surface area contributed by atoms with Crippen LogP contribution in [0.15, 0.2) is 66.8 Å². The van der Waals surface area contributed by atoms with Gasteiger partial charge in [-0.05, 0) is 49.5 Å². The number of pyridine rings is 1. The van der Waals surface area contributed by atoms with Crippen molar-refractivity contribution in [3.63, 3.8) is 0 Å². The normalized spacial score (nSPS) is 12.3. The number of aromatic nitrogens is 1. The summed E-state index contributed by atoms with van der Waals surface area (Å²) >= 11 is 5.75. The largest absolute Gasteiger partial charge is 0.465 e. The van der Waals surface area contributed by atoms with Crippen LogP contribution >= 0.6 is 11.6 Å². The Balaban J connectivity index is 2.17. The zero-order chi connectivity index (χ0) is 21.9. The van der Waals surface area contributed by atoms with Crippen LogP contribution in [0.5, 0.6) is 0 Å². The fourth-order valence-electron chi connectivity index (χ4n) is 2.33. The van der Waals surface area contributed by atoms with Crippen LogP contribution in [0.2, 0.25) is 5.02 Å². The van der Waals surface area contributed by atoms with Crippen molar-refractivity contribution < 1.29 is 23.5 Å². The molecule has 0 bridgehead atoms. The van der Waals surface area contributed by atoms with Crippen LogP contribution in [0, 0.1) is 5.82 Å². The molecule has 0 amide bonds. The van der Waals surface area contributed by atoms with Gasteiger partial charge >= 0.3 is 11.9 Å². The first kappa shape index (κ1) is 22.9. The molecule has 0 aliphatic heterocycles. The minimum atomic E-state index is -0.763. The second-order valence-electron chi connectivity index (χ2n) is 5.81. The number of carbonyl (C=O) groups is 2. The van der Waals surface area contributed by atoms with Gasteiger partial charge < -0.3 is 20.1 Å². The Bertz CT molecular complexity index is 935. The Kier molecular flexibility index (Phi) is 8.83. The summed E-state index contributed by atoms with van der Waals surface area (Å²) in [5, 5.41) is 5.53. The van der Waals surface area contributed by atoms with E-state index in [-0.39, 0.29) is 17.3 Å². The molecule has 2 rings (SSSR count). The number of benzene rings is 1. The van der Waals surface area contributed by atoms with Gasteiger partial charge in [-0.1, -0.05) is 17.7 Å². The molecular formula is C21H21ClFN3O4. The van der Waals surface area contributed by atoms with Crippen LogP contribution in [0.3, 0.4) is 0 Å². The zero-order valence-electron chi connectivity index (χ0n) is 16.4. The smallest absolute Gasteiger partial charge is 0.355 e. The molecule has 0 saturated carbocycles. The highest BCUT2D eigenvalue weighted by Crippen LogP contribution is 2.20. The number of nitrogens with one attached hydrogen (secondary N) is 2. The molecule has 1 aromatic carbocycles. The number of rotatable bonds is 9. The lowest BCUT2D eigenvalue weighted by Crippen LogP contribution is -2.20. The molecule has 30 heavy (non-hydrogen) atoms. The summed E-state index contributed by atoms with van der Waals surface area (Å²) in [7, 11) is 1.23. The molecular weight excluding hydrogens is 413 g/mol. The molecule has 1 aromatic heterocycles. The molecule has 0 aliphatic rings. The van der Waals surface area contributed by atoms with Crippen molar-refractivity contribution >= 4 is 29.2 Å². The third-order valence-corrected chi connectivity index (χ3v) is 4.07. The Morgan fingerprint density at radius 3 is 2.73 bits per heavy atom. The molecule has 2 aromatic rings. The third-order valence-electron chi connectivity index (χ3n) is 3.78. The lowest BCUT2D eigenvalue weighted by atomic mass is 10.1. The van der Waals surface area contributed by atoms with Gasteiger partial charge in [0.1, 0.15) is 17.4 Å². The van der Waals surface area contributed by atoms with E-state index in [0.29, 0.717) is 11.4 Å². The maximum Gasteiger partial charge on any atom is 0.355 e. The van der Waals surface area contributed by atoms with Crippen LogP contribution < -0.4 is 10.6 Å². The van der Waals surface area contributed by atoms with Crippen molar-refractivity contribution in [3.05, 3.63) is 83.3 Å². The summed E-state index contributed by atoms with van der Waals surface area (Å²) < 4.78 is 23.1. The molecule has 0 saturated heterocycles. The van der Waals surface area contributed by atoms with Gasteiger partial charge in [0.15, 0.2) is 0 Å². The second-order valence-corrected chi connectivity index (χ2v) is 6.22. The van der Waals surface area contributed by atoms with Crippen molar-refractivity contribution in [1.29, 1.82) is 0 Å². The number of hydrogen-bond acceptors (Lipinski definition) is 7. The SMILES string of the molecule is CCOC(=O)C(/C=C\N/C(=C\Nc1ccc(F)c(Cl)c1)C(=O)OC)c1ccccn1. The Hall–Kier alpha value is -3.39. The summed E-state index contributed by atoms with van der Waals surface area (Å²) in [5.74, 6) is -2.45. The molecule has 2 N–H and O–H groups in total. The number of hydrogen-bond donors (Lipinski definition) is 2. The van der Waals surface area contributed by atoms with Gasteiger partial charge in [0.25, 0.3) is 0 Å². The topological polar surface area (TPSA) is 89.6 Å². The molecule has 7 nitrogen and oxygen atoms in total. The number of methoxy groups -OCH3 is 1. The minimum Gasteiger partial charge on any atom is -0.465 e. The first-order chi connectivity index (χ1) is 14.5. The number of anilines is 1. The molecule has 1 heterocycles. The van der Waals surface area contributed by atoms with Crippen LogP contribution in [-0.4, -0.2) is 30.6 Å². The number of ether oxygens (including phenoxy) is 2. The van der Waals surface area contributed by atoms with E-state index < -0.39 is 23.7 Å². The van der Waals surface area contributed by atoms with E-state index in [1.807, 2.05) is 0 Å². The Labute approximate surface area is 178 Å². The molecule has 9 heteroatoms. The fraction of sp³-hybridized carbons (Fsp3) is 0.190. The maximum atomic E-state index is 13.3. The highest BCUT2D eigenvalue weighted by Gasteiger charge is 2.20. The fourth-order valence-corrected chi connectivity index (χ4v) is 2.52. The lowest BCUT2D eigenvalue weighted by Gasteiger charge is -2.12. The van der Waals surface area contributed by atoms with Crippen molar-refractivity contribution in [3.8, 4) is 0 Å². The van der Waals surface area contributed by atoms with Gasteiger partial charge in [-0.3, -0.25) is 9.78 Å². The predicted octanol–water partition coefficient (Wildman–Crippen LogP) is 3.75. The zero-order valence-corrected chi connectivity index (χ0v) is 17.2. The summed E-state index contributed by atoms with van der Waals surface area (Å²) in [5.41, 5.74) is 1.00. The van der Waals surface area contributed by atoms with Crippen LogP contribution in [0.1, 0.15) is 18.5 Å². The van der Waals surface area contributed by atoms with Gasteiger partial charge in [-0.15, -0.1) is 0 Å². The quantitative estimate of drug-likeness (QED) is 0.459. The van der Waals surface area contributed by atoms with E-state index >= 15 is 0 Å². The summed E-state index contributed by atoms with van der Waals surface area (Å²) in [6.45, 7) is 1.93. The number of carbonyl (C=O) groups excluding carboxylic acids is 2. The average Bonchev–Trinajstić information content (AvgIpc) is 2.75. The summed E-state index contributed by atoms with van der Waals surface area (Å²) in [6.07, 6.45) is 5.84. The van der Waals surface area contributed by atoms with Crippen LogP contribution in [-0.2, 0) is 19.1 Å². The Morgan fingerprint density at radius 2 is 2.10 bits per heavy atom. The minimum absolute atomic E-state index is 0.0397. The molecule has 1 unspecified atom stereocenters. The van der Waals surface area contributed by atoms with Gasteiger partial charge in [0, 0.05) is 18.1 Å². The first-order valence-corrected chi connectivity index (χ1v) is 9.35. The van der Waals surface area contributed by atoms with E-state index in [2.05, 4.69) is 15.6 Å². The highest BCUT2D eigenvalue weighted by molar-refractivity contribution is 6.31. The van der Waals surface area contributed by atoms with Crippen molar-refractivity contribution in [2.24, 2.45) is 0 Å². The molecule has 1 atom stereocenters. The number of nitrogens with zero attached hydrogens (tertiary/aromatic N) is 1. The second kappa shape index (κ2) is 11.6. The molecule has 0 radical (unpaired) electrons. The monoisotopic (exact) mass is 433 g/mol. The van der Waals surface area contributed by atoms with E-state index in [0.717, 1.165) is 0 Å². The summed E-state index contributed by atoms with van der Waals surface area (Å²) in [6, 6.07) is 9.21. The first-order valence-electron chi connectivity index (χ1n) is 8.97. The van der Waals surface area contributed by atoms with E-state index in [1.54, 1.807) is 31.3 Å². The Morgan fingerprint density at radius 1 is 1.30 bits per heavy atom. The lowest BCUT2D eigenvalue weighted by molar-refractivity contribution is -0.143. The number of halogens is 2. The van der Waals surface area contributed by atoms with Crippen molar-refractivity contribution in [2.45, 2.75) is 12.8 Å². The molecule has 0 aliphatic carbocycles.